The van der Waals surface area contributed by atoms with E-state index < -0.39 is 29.6 Å². The maximum absolute atomic E-state index is 12.9. The summed E-state index contributed by atoms with van der Waals surface area (Å²) in [6.07, 6.45) is -2.57. The van der Waals surface area contributed by atoms with Gasteiger partial charge in [-0.1, -0.05) is 48.5 Å². The van der Waals surface area contributed by atoms with Crippen LogP contribution in [0.4, 0.5) is 5.82 Å². The number of aromatic nitrogens is 3. The van der Waals surface area contributed by atoms with Gasteiger partial charge in [-0.25, -0.2) is 9.97 Å². The Morgan fingerprint density at radius 2 is 1.70 bits per heavy atom. The van der Waals surface area contributed by atoms with E-state index in [1.165, 1.54) is 0 Å². The number of nitrogens with one attached hydrogen (secondary N) is 3. The Morgan fingerprint density at radius 3 is 2.40 bits per heavy atom. The van der Waals surface area contributed by atoms with E-state index in [4.69, 9.17) is 30.7 Å². The Bertz CT molecular complexity index is 1660. The third-order valence-corrected chi connectivity index (χ3v) is 7.36. The van der Waals surface area contributed by atoms with Crippen LogP contribution in [0.5, 0.6) is 0 Å². The van der Waals surface area contributed by atoms with Crippen LogP contribution < -0.4 is 27.4 Å². The van der Waals surface area contributed by atoms with E-state index in [9.17, 15) is 14.7 Å². The van der Waals surface area contributed by atoms with Crippen LogP contribution in [0.3, 0.4) is 0 Å². The number of imidazole rings is 1. The fourth-order valence-electron chi connectivity index (χ4n) is 4.95. The largest absolute Gasteiger partial charge is 0.374 e. The number of carbonyl (C=O) groups excluding carboxylic acids is 2. The maximum Gasteiger partial charge on any atom is 0.257 e. The third kappa shape index (κ3) is 9.51. The number of hydrogen-bond donors (Lipinski definition) is 6. The Morgan fingerprint density at radius 1 is 1.00 bits per heavy atom. The molecular formula is C33H46N8O6. The lowest BCUT2D eigenvalue weighted by atomic mass is 10.1. The molecule has 2 heterocycles. The second-order valence-electron chi connectivity index (χ2n) is 12.2. The number of anilines is 1. The first kappa shape index (κ1) is 35.8. The molecule has 0 bridgehead atoms. The van der Waals surface area contributed by atoms with E-state index in [0.717, 1.165) is 16.5 Å². The van der Waals surface area contributed by atoms with Crippen molar-refractivity contribution in [1.29, 1.82) is 0 Å². The van der Waals surface area contributed by atoms with E-state index in [2.05, 4.69) is 20.9 Å². The van der Waals surface area contributed by atoms with Gasteiger partial charge in [-0.15, -0.1) is 0 Å². The lowest BCUT2D eigenvalue weighted by molar-refractivity contribution is -0.152. The molecule has 0 saturated carbocycles. The summed E-state index contributed by atoms with van der Waals surface area (Å²) >= 11 is 0. The number of para-hydroxylation sites is 1. The van der Waals surface area contributed by atoms with Gasteiger partial charge >= 0.3 is 0 Å². The molecule has 2 amide bonds. The van der Waals surface area contributed by atoms with E-state index in [0.29, 0.717) is 30.0 Å². The molecule has 0 aliphatic rings. The number of hydrogen-bond acceptors (Lipinski definition) is 11. The van der Waals surface area contributed by atoms with Gasteiger partial charge in [0.1, 0.15) is 24.1 Å². The van der Waals surface area contributed by atoms with Gasteiger partial charge in [0.15, 0.2) is 5.82 Å². The fraction of sp³-hybridized carbons (Fsp3) is 0.455. The summed E-state index contributed by atoms with van der Waals surface area (Å²) < 4.78 is 19.5. The minimum absolute atomic E-state index is 0.193. The minimum atomic E-state index is -1.34. The van der Waals surface area contributed by atoms with E-state index in [1.807, 2.05) is 79.9 Å². The molecule has 0 fully saturated rings. The molecule has 2 aromatic carbocycles. The van der Waals surface area contributed by atoms with Crippen molar-refractivity contribution < 1.29 is 28.9 Å². The molecule has 14 nitrogen and oxygen atoms in total. The highest BCUT2D eigenvalue weighted by atomic mass is 16.6. The zero-order valence-electron chi connectivity index (χ0n) is 27.6. The van der Waals surface area contributed by atoms with Gasteiger partial charge in [-0.3, -0.25) is 14.9 Å². The van der Waals surface area contributed by atoms with Crippen molar-refractivity contribution in [3.8, 4) is 0 Å². The number of carbonyl (C=O) groups is 2. The SMILES string of the molecule is CCOCc1nc2c(NC(=O)C(N)N)nc3ccccc3c2n1CC(C)(C)OCCNC(=O)C(C)(C)NC(O)OCc1ccccc1. The van der Waals surface area contributed by atoms with Crippen molar-refractivity contribution in [1.82, 2.24) is 25.2 Å². The fourth-order valence-corrected chi connectivity index (χ4v) is 4.95. The monoisotopic (exact) mass is 650 g/mol. The lowest BCUT2D eigenvalue weighted by Gasteiger charge is -2.29. The number of amides is 2. The number of pyridine rings is 1. The molecular weight excluding hydrogens is 604 g/mol. The van der Waals surface area contributed by atoms with Gasteiger partial charge < -0.3 is 46.0 Å². The topological polar surface area (TPSA) is 201 Å². The first-order chi connectivity index (χ1) is 22.3. The van der Waals surface area contributed by atoms with Gasteiger partial charge in [-0.2, -0.15) is 0 Å². The molecule has 1 atom stereocenters. The number of benzene rings is 2. The van der Waals surface area contributed by atoms with Gasteiger partial charge in [0, 0.05) is 18.5 Å². The van der Waals surface area contributed by atoms with Crippen LogP contribution in [0, 0.1) is 0 Å². The average Bonchev–Trinajstić information content (AvgIpc) is 3.38. The highest BCUT2D eigenvalue weighted by molar-refractivity contribution is 6.10. The summed E-state index contributed by atoms with van der Waals surface area (Å²) in [7, 11) is 0. The number of fused-ring (bicyclic) bond motifs is 3. The first-order valence-corrected chi connectivity index (χ1v) is 15.5. The van der Waals surface area contributed by atoms with Gasteiger partial charge in [0.2, 0.25) is 12.3 Å². The van der Waals surface area contributed by atoms with Crippen molar-refractivity contribution in [2.75, 3.05) is 25.1 Å². The molecule has 0 aliphatic heterocycles. The van der Waals surface area contributed by atoms with E-state index in [1.54, 1.807) is 13.8 Å². The molecule has 254 valence electrons. The van der Waals surface area contributed by atoms with Crippen LogP contribution in [0.25, 0.3) is 21.9 Å². The van der Waals surface area contributed by atoms with Crippen molar-refractivity contribution in [2.45, 2.75) is 78.1 Å². The smallest absolute Gasteiger partial charge is 0.257 e. The predicted molar refractivity (Wildman–Crippen MR) is 179 cm³/mol. The molecule has 47 heavy (non-hydrogen) atoms. The van der Waals surface area contributed by atoms with Gasteiger partial charge in [0.25, 0.3) is 5.91 Å². The second kappa shape index (κ2) is 15.7. The zero-order valence-corrected chi connectivity index (χ0v) is 27.6. The molecule has 8 N–H and O–H groups in total. The van der Waals surface area contributed by atoms with Gasteiger partial charge in [-0.05, 0) is 46.2 Å². The summed E-state index contributed by atoms with van der Waals surface area (Å²) in [5.74, 6) is -0.0485. The number of nitrogens with zero attached hydrogens (tertiary/aromatic N) is 3. The highest BCUT2D eigenvalue weighted by Crippen LogP contribution is 2.32. The van der Waals surface area contributed by atoms with Crippen LogP contribution in [-0.4, -0.2) is 74.9 Å². The van der Waals surface area contributed by atoms with E-state index >= 15 is 0 Å². The minimum Gasteiger partial charge on any atom is -0.374 e. The molecule has 0 spiro atoms. The normalized spacial score (nSPS) is 13.0. The van der Waals surface area contributed by atoms with Crippen LogP contribution in [0.15, 0.2) is 54.6 Å². The third-order valence-electron chi connectivity index (χ3n) is 7.36. The summed E-state index contributed by atoms with van der Waals surface area (Å²) in [5.41, 5.74) is 12.1. The predicted octanol–water partition coefficient (Wildman–Crippen LogP) is 2.08. The summed E-state index contributed by atoms with van der Waals surface area (Å²) in [5, 5.41) is 19.5. The van der Waals surface area contributed by atoms with Crippen molar-refractivity contribution in [3.05, 3.63) is 66.0 Å². The molecule has 14 heteroatoms. The van der Waals surface area contributed by atoms with Crippen LogP contribution in [0.1, 0.15) is 46.0 Å². The molecule has 0 aliphatic carbocycles. The summed E-state index contributed by atoms with van der Waals surface area (Å²) in [6.45, 7) is 10.8. The zero-order chi connectivity index (χ0) is 34.2. The molecule has 2 aromatic heterocycles. The summed E-state index contributed by atoms with van der Waals surface area (Å²) in [4.78, 5) is 34.9. The molecule has 0 saturated heterocycles. The number of nitrogens with two attached hydrogens (primary N) is 2. The summed E-state index contributed by atoms with van der Waals surface area (Å²) in [6, 6.07) is 17.0. The number of aliphatic hydroxyl groups excluding tert-OH is 1. The molecule has 0 radical (unpaired) electrons. The van der Waals surface area contributed by atoms with Crippen molar-refractivity contribution in [3.63, 3.8) is 0 Å². The average molecular weight is 651 g/mol. The van der Waals surface area contributed by atoms with Crippen molar-refractivity contribution >= 4 is 39.6 Å². The molecule has 4 rings (SSSR count). The molecule has 4 aromatic rings. The van der Waals surface area contributed by atoms with Crippen LogP contribution in [-0.2, 0) is 43.6 Å². The number of aliphatic hydroxyl groups is 1. The number of ether oxygens (including phenoxy) is 3. The van der Waals surface area contributed by atoms with Crippen LogP contribution >= 0.6 is 0 Å². The second-order valence-corrected chi connectivity index (χ2v) is 12.2. The highest BCUT2D eigenvalue weighted by Gasteiger charge is 2.30. The first-order valence-electron chi connectivity index (χ1n) is 15.5. The Kier molecular flexibility index (Phi) is 12.0. The van der Waals surface area contributed by atoms with Crippen LogP contribution in [0.2, 0.25) is 0 Å². The van der Waals surface area contributed by atoms with Gasteiger partial charge in [0.05, 0.1) is 41.9 Å². The van der Waals surface area contributed by atoms with Crippen molar-refractivity contribution in [2.24, 2.45) is 11.5 Å². The Labute approximate surface area is 274 Å². The molecule has 1 unspecified atom stereocenters. The standard InChI is InChI=1S/C33H46N8O6/c1-6-45-19-24-38-25-26(22-14-10-11-15-23(22)37-28(25)39-29(42)27(34)35)41(24)20-32(2,3)47-17-16-36-30(43)33(4,5)40-31(44)46-18-21-12-8-7-9-13-21/h7-15,27,31,40,44H,6,16-20,34-35H2,1-5H3,(H,36,43)(H,37,39,42). The quantitative estimate of drug-likeness (QED) is 0.0722. The Hall–Kier alpha value is -4.02. The van der Waals surface area contributed by atoms with E-state index in [-0.39, 0.29) is 38.1 Å². The lowest BCUT2D eigenvalue weighted by Crippen LogP contribution is -2.57. The number of rotatable bonds is 17. The maximum atomic E-state index is 12.9. The Balaban J connectivity index is 1.44.